The number of aryl methyl sites for hydroxylation is 2. The van der Waals surface area contributed by atoms with Gasteiger partial charge in [0.1, 0.15) is 5.76 Å². The fraction of sp³-hybridized carbons (Fsp3) is 0.200. The average Bonchev–Trinajstić information content (AvgIpc) is 3.18. The zero-order chi connectivity index (χ0) is 17.4. The third-order valence-electron chi connectivity index (χ3n) is 4.54. The van der Waals surface area contributed by atoms with Gasteiger partial charge >= 0.3 is 0 Å². The van der Waals surface area contributed by atoms with Crippen LogP contribution in [0.3, 0.4) is 0 Å². The molecule has 0 aliphatic carbocycles. The number of rotatable bonds is 4. The quantitative estimate of drug-likeness (QED) is 0.617. The molecule has 4 aromatic rings. The van der Waals surface area contributed by atoms with Crippen LogP contribution in [-0.2, 0) is 13.1 Å². The summed E-state index contributed by atoms with van der Waals surface area (Å²) in [6.45, 7) is 5.10. The minimum atomic E-state index is 0.441. The summed E-state index contributed by atoms with van der Waals surface area (Å²) in [5, 5.41) is 4.08. The molecule has 0 atom stereocenters. The van der Waals surface area contributed by atoms with Crippen LogP contribution in [0, 0.1) is 13.8 Å². The normalized spacial score (nSPS) is 11.3. The van der Waals surface area contributed by atoms with Crippen LogP contribution in [0.1, 0.15) is 22.6 Å². The van der Waals surface area contributed by atoms with Crippen LogP contribution in [0.5, 0.6) is 0 Å². The Bertz CT molecular complexity index is 1010. The summed E-state index contributed by atoms with van der Waals surface area (Å²) in [5.74, 6) is 0.814. The number of aromatic nitrogens is 3. The van der Waals surface area contributed by atoms with Gasteiger partial charge in [0.05, 0.1) is 23.1 Å². The predicted molar refractivity (Wildman–Crippen MR) is 98.1 cm³/mol. The first-order valence-corrected chi connectivity index (χ1v) is 8.32. The van der Waals surface area contributed by atoms with E-state index in [-0.39, 0.29) is 0 Å². The maximum atomic E-state index is 5.99. The summed E-state index contributed by atoms with van der Waals surface area (Å²) in [6, 6.07) is 14.6. The molecular formula is C20H20N4O. The molecule has 0 spiro atoms. The van der Waals surface area contributed by atoms with E-state index in [1.807, 2.05) is 26.2 Å². The molecule has 0 bridgehead atoms. The lowest BCUT2D eigenvalue weighted by atomic mass is 10.0. The highest BCUT2D eigenvalue weighted by atomic mass is 16.5. The van der Waals surface area contributed by atoms with Crippen LogP contribution in [0.2, 0.25) is 0 Å². The van der Waals surface area contributed by atoms with Gasteiger partial charge in [0, 0.05) is 18.7 Å². The molecule has 0 unspecified atom stereocenters. The fourth-order valence-corrected chi connectivity index (χ4v) is 3.34. The first-order valence-electron chi connectivity index (χ1n) is 8.32. The van der Waals surface area contributed by atoms with Crippen molar-refractivity contribution in [2.75, 3.05) is 0 Å². The van der Waals surface area contributed by atoms with E-state index in [1.54, 1.807) is 0 Å². The number of benzene rings is 2. The smallest absolute Gasteiger partial charge is 0.141 e. The molecular weight excluding hydrogens is 312 g/mol. The van der Waals surface area contributed by atoms with E-state index in [1.165, 1.54) is 5.56 Å². The summed E-state index contributed by atoms with van der Waals surface area (Å²) >= 11 is 0. The Hall–Kier alpha value is -2.92. The van der Waals surface area contributed by atoms with Crippen LogP contribution in [0.25, 0.3) is 22.2 Å². The second-order valence-corrected chi connectivity index (χ2v) is 6.26. The molecule has 5 nitrogen and oxygen atoms in total. The largest absolute Gasteiger partial charge is 0.361 e. The SMILES string of the molecule is Cc1noc(C)c1-c1cc(CN)c2ncn(Cc3ccccc3)c2c1. The Kier molecular flexibility index (Phi) is 3.86. The molecule has 0 radical (unpaired) electrons. The van der Waals surface area contributed by atoms with E-state index in [0.717, 1.165) is 45.7 Å². The molecule has 2 N–H and O–H groups in total. The van der Waals surface area contributed by atoms with Crippen molar-refractivity contribution in [3.8, 4) is 11.1 Å². The van der Waals surface area contributed by atoms with Crippen molar-refractivity contribution in [1.82, 2.24) is 14.7 Å². The number of nitrogens with two attached hydrogens (primary N) is 1. The lowest BCUT2D eigenvalue weighted by Crippen LogP contribution is -2.01. The molecule has 0 aliphatic heterocycles. The third-order valence-corrected chi connectivity index (χ3v) is 4.54. The van der Waals surface area contributed by atoms with Crippen LogP contribution in [-0.4, -0.2) is 14.7 Å². The van der Waals surface area contributed by atoms with Gasteiger partial charge in [0.15, 0.2) is 0 Å². The van der Waals surface area contributed by atoms with Gasteiger partial charge in [0.25, 0.3) is 0 Å². The first-order chi connectivity index (χ1) is 12.2. The van der Waals surface area contributed by atoms with Crippen molar-refractivity contribution in [3.05, 3.63) is 71.4 Å². The Labute approximate surface area is 146 Å². The van der Waals surface area contributed by atoms with Crippen LogP contribution in [0.4, 0.5) is 0 Å². The zero-order valence-corrected chi connectivity index (χ0v) is 14.4. The van der Waals surface area contributed by atoms with Crippen molar-refractivity contribution in [2.24, 2.45) is 5.73 Å². The van der Waals surface area contributed by atoms with Gasteiger partial charge in [-0.05, 0) is 42.7 Å². The topological polar surface area (TPSA) is 69.9 Å². The standard InChI is InChI=1S/C20H20N4O/c1-13-19(14(2)25-23-13)16-8-17(10-21)20-18(9-16)24(12-22-20)11-15-6-4-3-5-7-15/h3-9,12H,10-11,21H2,1-2H3. The van der Waals surface area contributed by atoms with Crippen molar-refractivity contribution in [2.45, 2.75) is 26.9 Å². The van der Waals surface area contributed by atoms with Gasteiger partial charge in [0.2, 0.25) is 0 Å². The molecule has 5 heteroatoms. The van der Waals surface area contributed by atoms with E-state index < -0.39 is 0 Å². The number of fused-ring (bicyclic) bond motifs is 1. The van der Waals surface area contributed by atoms with Crippen molar-refractivity contribution >= 4 is 11.0 Å². The third kappa shape index (κ3) is 2.72. The minimum Gasteiger partial charge on any atom is -0.361 e. The molecule has 0 fully saturated rings. The summed E-state index contributed by atoms with van der Waals surface area (Å²) in [4.78, 5) is 4.60. The Morgan fingerprint density at radius 2 is 1.92 bits per heavy atom. The zero-order valence-electron chi connectivity index (χ0n) is 14.4. The molecule has 0 saturated heterocycles. The van der Waals surface area contributed by atoms with Gasteiger partial charge in [-0.2, -0.15) is 0 Å². The number of hydrogen-bond acceptors (Lipinski definition) is 4. The van der Waals surface area contributed by atoms with Gasteiger partial charge in [-0.25, -0.2) is 4.98 Å². The van der Waals surface area contributed by atoms with Gasteiger partial charge in [-0.15, -0.1) is 0 Å². The molecule has 25 heavy (non-hydrogen) atoms. The summed E-state index contributed by atoms with van der Waals surface area (Å²) in [5.41, 5.74) is 13.3. The molecule has 126 valence electrons. The van der Waals surface area contributed by atoms with E-state index >= 15 is 0 Å². The van der Waals surface area contributed by atoms with Crippen LogP contribution >= 0.6 is 0 Å². The highest BCUT2D eigenvalue weighted by molar-refractivity contribution is 5.86. The molecule has 2 aromatic carbocycles. The van der Waals surface area contributed by atoms with Crippen molar-refractivity contribution in [1.29, 1.82) is 0 Å². The number of hydrogen-bond donors (Lipinski definition) is 1. The minimum absolute atomic E-state index is 0.441. The van der Waals surface area contributed by atoms with Gasteiger partial charge < -0.3 is 14.8 Å². The molecule has 0 amide bonds. The van der Waals surface area contributed by atoms with Crippen molar-refractivity contribution < 1.29 is 4.52 Å². The van der Waals surface area contributed by atoms with E-state index in [0.29, 0.717) is 6.54 Å². The second-order valence-electron chi connectivity index (χ2n) is 6.26. The summed E-state index contributed by atoms with van der Waals surface area (Å²) in [7, 11) is 0. The van der Waals surface area contributed by atoms with Crippen molar-refractivity contribution in [3.63, 3.8) is 0 Å². The Morgan fingerprint density at radius 1 is 1.12 bits per heavy atom. The maximum Gasteiger partial charge on any atom is 0.141 e. The first kappa shape index (κ1) is 15.6. The van der Waals surface area contributed by atoms with Crippen LogP contribution in [0.15, 0.2) is 53.3 Å². The molecule has 0 aliphatic rings. The second kappa shape index (κ2) is 6.18. The molecule has 4 rings (SSSR count). The van der Waals surface area contributed by atoms with E-state index in [4.69, 9.17) is 10.3 Å². The highest BCUT2D eigenvalue weighted by Gasteiger charge is 2.16. The maximum absolute atomic E-state index is 5.99. The fourth-order valence-electron chi connectivity index (χ4n) is 3.34. The average molecular weight is 332 g/mol. The van der Waals surface area contributed by atoms with E-state index in [2.05, 4.69) is 51.1 Å². The van der Waals surface area contributed by atoms with Crippen LogP contribution < -0.4 is 5.73 Å². The van der Waals surface area contributed by atoms with E-state index in [9.17, 15) is 0 Å². The summed E-state index contributed by atoms with van der Waals surface area (Å²) in [6.07, 6.45) is 1.88. The summed E-state index contributed by atoms with van der Waals surface area (Å²) < 4.78 is 7.50. The lowest BCUT2D eigenvalue weighted by molar-refractivity contribution is 0.393. The number of imidazole rings is 1. The molecule has 2 aromatic heterocycles. The number of nitrogens with zero attached hydrogens (tertiary/aromatic N) is 3. The molecule has 2 heterocycles. The van der Waals surface area contributed by atoms with Gasteiger partial charge in [-0.3, -0.25) is 0 Å². The Balaban J connectivity index is 1.88. The Morgan fingerprint density at radius 3 is 2.60 bits per heavy atom. The highest BCUT2D eigenvalue weighted by Crippen LogP contribution is 2.31. The van der Waals surface area contributed by atoms with Gasteiger partial charge in [-0.1, -0.05) is 35.5 Å². The monoisotopic (exact) mass is 332 g/mol. The molecule has 0 saturated carbocycles. The predicted octanol–water partition coefficient (Wildman–Crippen LogP) is 3.82. The lowest BCUT2D eigenvalue weighted by Gasteiger charge is -2.09.